The Morgan fingerprint density at radius 3 is 2.67 bits per heavy atom. The molecule has 9 nitrogen and oxygen atoms in total. The third kappa shape index (κ3) is 4.90. The number of aliphatic imine (C=N–C) groups is 1. The number of carbonyl (C=O) groups excluding carboxylic acids is 1. The second-order valence-corrected chi connectivity index (χ2v) is 9.97. The number of amides is 1. The maximum atomic E-state index is 13.1. The van der Waals surface area contributed by atoms with Crippen molar-refractivity contribution in [1.82, 2.24) is 24.6 Å². The summed E-state index contributed by atoms with van der Waals surface area (Å²) in [4.78, 5) is 25.3. The summed E-state index contributed by atoms with van der Waals surface area (Å²) in [6.45, 7) is 11.0. The second kappa shape index (κ2) is 10.4. The number of benzene rings is 1. The molecule has 0 atom stereocenters. The maximum absolute atomic E-state index is 13.1. The number of ether oxygens (including phenoxy) is 1. The van der Waals surface area contributed by atoms with Crippen LogP contribution < -0.4 is 0 Å². The van der Waals surface area contributed by atoms with E-state index in [2.05, 4.69) is 28.8 Å². The SMILES string of the molecule is CCC(=Nc1cnn(C2CCN(C(C)C)CC2)c1)c1c(O)[nH]c2ccc(C(=O)N3CCOCC3)cc12. The van der Waals surface area contributed by atoms with Gasteiger partial charge < -0.3 is 24.6 Å². The summed E-state index contributed by atoms with van der Waals surface area (Å²) in [5.41, 5.74) is 3.54. The Morgan fingerprint density at radius 1 is 1.22 bits per heavy atom. The predicted molar refractivity (Wildman–Crippen MR) is 140 cm³/mol. The fraction of sp³-hybridized carbons (Fsp3) is 0.519. The van der Waals surface area contributed by atoms with Gasteiger partial charge in [0, 0.05) is 48.7 Å². The standard InChI is InChI=1S/C27H36N6O3/c1-4-23(29-20-16-28-33(17-20)21-7-9-31(10-8-21)18(2)3)25-22-15-19(5-6-24(22)30-26(25)34)27(35)32-11-13-36-14-12-32/h5-6,15-18,21,30,34H,4,7-14H2,1-3H3. The minimum absolute atomic E-state index is 0.0217. The summed E-state index contributed by atoms with van der Waals surface area (Å²) in [7, 11) is 0. The zero-order chi connectivity index (χ0) is 25.2. The normalized spacial score (nSPS) is 18.4. The van der Waals surface area contributed by atoms with Gasteiger partial charge in [-0.2, -0.15) is 5.10 Å². The summed E-state index contributed by atoms with van der Waals surface area (Å²) in [5.74, 6) is 0.0432. The quantitative estimate of drug-likeness (QED) is 0.505. The van der Waals surface area contributed by atoms with Crippen LogP contribution in [0, 0.1) is 0 Å². The van der Waals surface area contributed by atoms with Crippen molar-refractivity contribution in [3.63, 3.8) is 0 Å². The molecule has 5 rings (SSSR count). The van der Waals surface area contributed by atoms with E-state index in [-0.39, 0.29) is 11.8 Å². The number of hydrogen-bond acceptors (Lipinski definition) is 6. The van der Waals surface area contributed by atoms with E-state index >= 15 is 0 Å². The Balaban J connectivity index is 1.41. The number of hydrogen-bond donors (Lipinski definition) is 2. The number of nitrogens with zero attached hydrogens (tertiary/aromatic N) is 5. The molecular weight excluding hydrogens is 456 g/mol. The van der Waals surface area contributed by atoms with Crippen LogP contribution in [-0.4, -0.2) is 86.7 Å². The molecule has 3 aromatic rings. The smallest absolute Gasteiger partial charge is 0.254 e. The average molecular weight is 493 g/mol. The summed E-state index contributed by atoms with van der Waals surface area (Å²) in [6.07, 6.45) is 6.58. The van der Waals surface area contributed by atoms with E-state index in [4.69, 9.17) is 9.73 Å². The lowest BCUT2D eigenvalue weighted by molar-refractivity contribution is 0.0303. The molecule has 2 aliphatic rings. The van der Waals surface area contributed by atoms with Crippen molar-refractivity contribution < 1.29 is 14.6 Å². The third-order valence-electron chi connectivity index (χ3n) is 7.40. The largest absolute Gasteiger partial charge is 0.494 e. The topological polar surface area (TPSA) is 99.0 Å². The Bertz CT molecular complexity index is 1250. The number of H-pyrrole nitrogens is 1. The monoisotopic (exact) mass is 492 g/mol. The van der Waals surface area contributed by atoms with Crippen molar-refractivity contribution in [2.45, 2.75) is 52.1 Å². The fourth-order valence-corrected chi connectivity index (χ4v) is 5.27. The molecule has 192 valence electrons. The molecule has 0 radical (unpaired) electrons. The van der Waals surface area contributed by atoms with Crippen LogP contribution in [0.3, 0.4) is 0 Å². The highest BCUT2D eigenvalue weighted by atomic mass is 16.5. The first kappa shape index (κ1) is 24.5. The number of aromatic nitrogens is 3. The van der Waals surface area contributed by atoms with Gasteiger partial charge >= 0.3 is 0 Å². The van der Waals surface area contributed by atoms with Gasteiger partial charge in [0.2, 0.25) is 0 Å². The van der Waals surface area contributed by atoms with Gasteiger partial charge in [0.15, 0.2) is 5.88 Å². The molecular formula is C27H36N6O3. The molecule has 0 aliphatic carbocycles. The number of nitrogens with one attached hydrogen (secondary N) is 1. The van der Waals surface area contributed by atoms with Crippen molar-refractivity contribution in [1.29, 1.82) is 0 Å². The minimum Gasteiger partial charge on any atom is -0.494 e. The van der Waals surface area contributed by atoms with Gasteiger partial charge in [0.1, 0.15) is 5.69 Å². The van der Waals surface area contributed by atoms with E-state index in [1.807, 2.05) is 34.8 Å². The van der Waals surface area contributed by atoms with Crippen LogP contribution in [0.15, 0.2) is 35.6 Å². The number of aromatic hydroxyl groups is 1. The van der Waals surface area contributed by atoms with Crippen molar-refractivity contribution in [2.24, 2.45) is 4.99 Å². The van der Waals surface area contributed by atoms with Gasteiger partial charge in [0.25, 0.3) is 5.91 Å². The first-order valence-electron chi connectivity index (χ1n) is 13.0. The second-order valence-electron chi connectivity index (χ2n) is 9.97. The molecule has 0 saturated carbocycles. The van der Waals surface area contributed by atoms with Gasteiger partial charge in [-0.1, -0.05) is 6.92 Å². The number of piperidine rings is 1. The van der Waals surface area contributed by atoms with E-state index in [1.54, 1.807) is 12.3 Å². The molecule has 36 heavy (non-hydrogen) atoms. The van der Waals surface area contributed by atoms with Gasteiger partial charge in [0.05, 0.1) is 42.9 Å². The van der Waals surface area contributed by atoms with Crippen LogP contribution in [0.25, 0.3) is 10.9 Å². The van der Waals surface area contributed by atoms with Crippen LogP contribution in [0.2, 0.25) is 0 Å². The highest BCUT2D eigenvalue weighted by molar-refractivity contribution is 6.14. The van der Waals surface area contributed by atoms with Crippen molar-refractivity contribution in [3.05, 3.63) is 41.7 Å². The van der Waals surface area contributed by atoms with Gasteiger partial charge in [-0.15, -0.1) is 0 Å². The third-order valence-corrected chi connectivity index (χ3v) is 7.40. The highest BCUT2D eigenvalue weighted by Crippen LogP contribution is 2.32. The molecule has 0 bridgehead atoms. The van der Waals surface area contributed by atoms with Crippen molar-refractivity contribution >= 4 is 28.2 Å². The summed E-state index contributed by atoms with van der Waals surface area (Å²) < 4.78 is 7.42. The summed E-state index contributed by atoms with van der Waals surface area (Å²) in [5, 5.41) is 16.2. The molecule has 4 heterocycles. The molecule has 0 spiro atoms. The Hall–Kier alpha value is -3.17. The summed E-state index contributed by atoms with van der Waals surface area (Å²) in [6, 6.07) is 6.46. The number of carbonyl (C=O) groups is 1. The van der Waals surface area contributed by atoms with Crippen LogP contribution >= 0.6 is 0 Å². The number of morpholine rings is 1. The van der Waals surface area contributed by atoms with E-state index in [0.29, 0.717) is 55.9 Å². The number of fused-ring (bicyclic) bond motifs is 1. The Morgan fingerprint density at radius 2 is 1.97 bits per heavy atom. The van der Waals surface area contributed by atoms with E-state index in [1.165, 1.54) is 0 Å². The Kier molecular flexibility index (Phi) is 7.11. The zero-order valence-electron chi connectivity index (χ0n) is 21.4. The lowest BCUT2D eigenvalue weighted by atomic mass is 10.0. The van der Waals surface area contributed by atoms with E-state index < -0.39 is 0 Å². The van der Waals surface area contributed by atoms with Crippen molar-refractivity contribution in [2.75, 3.05) is 39.4 Å². The van der Waals surface area contributed by atoms with Crippen LogP contribution in [0.1, 0.15) is 62.0 Å². The molecule has 1 aromatic carbocycles. The first-order valence-corrected chi connectivity index (χ1v) is 13.0. The van der Waals surface area contributed by atoms with Crippen LogP contribution in [0.5, 0.6) is 5.88 Å². The molecule has 1 amide bonds. The summed E-state index contributed by atoms with van der Waals surface area (Å²) >= 11 is 0. The molecule has 0 unspecified atom stereocenters. The number of rotatable bonds is 6. The van der Waals surface area contributed by atoms with E-state index in [9.17, 15) is 9.90 Å². The number of aromatic amines is 1. The predicted octanol–water partition coefficient (Wildman–Crippen LogP) is 4.12. The maximum Gasteiger partial charge on any atom is 0.254 e. The molecule has 2 aromatic heterocycles. The van der Waals surface area contributed by atoms with Crippen LogP contribution in [0.4, 0.5) is 5.69 Å². The Labute approximate surface area is 211 Å². The molecule has 9 heteroatoms. The van der Waals surface area contributed by atoms with Crippen molar-refractivity contribution in [3.8, 4) is 5.88 Å². The average Bonchev–Trinajstić information content (AvgIpc) is 3.50. The van der Waals surface area contributed by atoms with Crippen LogP contribution in [-0.2, 0) is 4.74 Å². The molecule has 2 fully saturated rings. The lowest BCUT2D eigenvalue weighted by Gasteiger charge is -2.34. The minimum atomic E-state index is -0.0217. The first-order chi connectivity index (χ1) is 17.4. The molecule has 2 N–H and O–H groups in total. The molecule has 2 aliphatic heterocycles. The molecule has 2 saturated heterocycles. The van der Waals surface area contributed by atoms with E-state index in [0.717, 1.165) is 48.2 Å². The highest BCUT2D eigenvalue weighted by Gasteiger charge is 2.24. The van der Waals surface area contributed by atoms with Gasteiger partial charge in [-0.25, -0.2) is 4.99 Å². The van der Waals surface area contributed by atoms with Gasteiger partial charge in [-0.05, 0) is 51.3 Å². The lowest BCUT2D eigenvalue weighted by Crippen LogP contribution is -2.40. The van der Waals surface area contributed by atoms with Gasteiger partial charge in [-0.3, -0.25) is 9.48 Å². The fourth-order valence-electron chi connectivity index (χ4n) is 5.27. The number of likely N-dealkylation sites (tertiary alicyclic amines) is 1. The zero-order valence-corrected chi connectivity index (χ0v) is 21.4.